The molecule has 7 nitrogen and oxygen atoms in total. The van der Waals surface area contributed by atoms with Crippen LogP contribution in [0, 0.1) is 12.3 Å². The largest absolute Gasteiger partial charge is 0.391 e. The number of nitrogens with zero attached hydrogens (tertiary/aromatic N) is 2. The Balaban J connectivity index is 2.50. The molecule has 0 bridgehead atoms. The first-order valence-electron chi connectivity index (χ1n) is 5.84. The van der Waals surface area contributed by atoms with Crippen molar-refractivity contribution in [3.63, 3.8) is 0 Å². The third kappa shape index (κ3) is 2.17. The number of terminal acetylenes is 1. The predicted molar refractivity (Wildman–Crippen MR) is 71.9 cm³/mol. The lowest BCUT2D eigenvalue weighted by atomic mass is 9.97. The first-order chi connectivity index (χ1) is 9.31. The van der Waals surface area contributed by atoms with Gasteiger partial charge >= 0.3 is 5.69 Å². The smallest absolute Gasteiger partial charge is 0.351 e. The van der Waals surface area contributed by atoms with E-state index in [1.165, 1.54) is 19.2 Å². The molecule has 1 aliphatic heterocycles. The van der Waals surface area contributed by atoms with Crippen molar-refractivity contribution in [3.05, 3.63) is 22.7 Å². The molecule has 0 aromatic carbocycles. The Morgan fingerprint density at radius 1 is 1.75 bits per heavy atom. The van der Waals surface area contributed by atoms with Gasteiger partial charge in [0, 0.05) is 6.20 Å². The zero-order valence-corrected chi connectivity index (χ0v) is 11.4. The second-order valence-electron chi connectivity index (χ2n) is 4.59. The zero-order valence-electron chi connectivity index (χ0n) is 10.6. The topological polar surface area (TPSA) is 111 Å². The van der Waals surface area contributed by atoms with E-state index in [1.54, 1.807) is 0 Å². The molecule has 0 amide bonds. The Hall–Kier alpha value is -1.59. The van der Waals surface area contributed by atoms with E-state index in [1.807, 2.05) is 0 Å². The number of aliphatic hydroxyl groups is 2. The number of hydrogen-bond donors (Lipinski definition) is 3. The van der Waals surface area contributed by atoms with Gasteiger partial charge in [0.05, 0.1) is 6.10 Å². The average Bonchev–Trinajstić information content (AvgIpc) is 2.64. The fraction of sp³-hybridized carbons (Fsp3) is 0.500. The summed E-state index contributed by atoms with van der Waals surface area (Å²) in [6.07, 6.45) is 2.15. The Morgan fingerprint density at radius 3 is 2.90 bits per heavy atom. The number of aromatic nitrogens is 2. The maximum absolute atomic E-state index is 11.8. The number of anilines is 1. The molecule has 8 heteroatoms. The molecule has 1 aromatic rings. The lowest BCUT2D eigenvalue weighted by Gasteiger charge is -2.25. The van der Waals surface area contributed by atoms with Crippen molar-refractivity contribution < 1.29 is 14.9 Å². The van der Waals surface area contributed by atoms with Crippen LogP contribution < -0.4 is 11.4 Å². The van der Waals surface area contributed by atoms with Gasteiger partial charge in [-0.25, -0.2) is 4.79 Å². The fourth-order valence-electron chi connectivity index (χ4n) is 2.11. The quantitative estimate of drug-likeness (QED) is 0.481. The summed E-state index contributed by atoms with van der Waals surface area (Å²) in [4.78, 5) is 13.7. The summed E-state index contributed by atoms with van der Waals surface area (Å²) in [6, 6.07) is 1.38. The summed E-state index contributed by atoms with van der Waals surface area (Å²) < 4.78 is 6.49. The van der Waals surface area contributed by atoms with Crippen molar-refractivity contribution in [2.75, 3.05) is 5.73 Å². The molecule has 1 unspecified atom stereocenters. The molecule has 5 atom stereocenters. The molecule has 0 radical (unpaired) electrons. The molecule has 0 aliphatic carbocycles. The summed E-state index contributed by atoms with van der Waals surface area (Å²) in [5.41, 5.74) is 4.69. The van der Waals surface area contributed by atoms with Crippen LogP contribution in [0.2, 0.25) is 0 Å². The van der Waals surface area contributed by atoms with Crippen molar-refractivity contribution in [2.45, 2.75) is 36.3 Å². The van der Waals surface area contributed by atoms with Crippen LogP contribution in [0.1, 0.15) is 13.2 Å². The second-order valence-corrected chi connectivity index (χ2v) is 5.22. The first-order valence-corrected chi connectivity index (χ1v) is 6.22. The fourth-order valence-corrected chi connectivity index (χ4v) is 2.39. The Morgan fingerprint density at radius 2 is 2.40 bits per heavy atom. The number of aliphatic hydroxyl groups excluding tert-OH is 2. The monoisotopic (exact) mass is 299 g/mol. The van der Waals surface area contributed by atoms with Gasteiger partial charge in [-0.05, 0) is 13.0 Å². The highest BCUT2D eigenvalue weighted by Gasteiger charge is 2.57. The minimum atomic E-state index is -1.69. The molecular formula is C12H14ClN3O4. The van der Waals surface area contributed by atoms with Crippen LogP contribution in [-0.4, -0.2) is 43.0 Å². The van der Waals surface area contributed by atoms with E-state index in [9.17, 15) is 15.0 Å². The minimum absolute atomic E-state index is 0.0396. The van der Waals surface area contributed by atoms with Gasteiger partial charge in [0.1, 0.15) is 18.0 Å². The van der Waals surface area contributed by atoms with E-state index in [0.29, 0.717) is 0 Å². The van der Waals surface area contributed by atoms with Crippen molar-refractivity contribution >= 4 is 17.4 Å². The molecule has 20 heavy (non-hydrogen) atoms. The molecule has 0 spiro atoms. The summed E-state index contributed by atoms with van der Waals surface area (Å²) in [7, 11) is 0. The lowest BCUT2D eigenvalue weighted by molar-refractivity contribution is -0.0773. The van der Waals surface area contributed by atoms with Gasteiger partial charge in [-0.2, -0.15) is 4.98 Å². The number of nitrogens with two attached hydrogens (primary N) is 1. The van der Waals surface area contributed by atoms with Crippen molar-refractivity contribution in [3.8, 4) is 12.3 Å². The summed E-state index contributed by atoms with van der Waals surface area (Å²) in [5, 5.41) is 19.7. The number of rotatable bonds is 2. The van der Waals surface area contributed by atoms with E-state index in [0.717, 1.165) is 4.57 Å². The average molecular weight is 300 g/mol. The molecule has 1 fully saturated rings. The Labute approximate surface area is 120 Å². The van der Waals surface area contributed by atoms with E-state index < -0.39 is 35.1 Å². The van der Waals surface area contributed by atoms with Gasteiger partial charge in [0.2, 0.25) is 0 Å². The molecule has 2 rings (SSSR count). The number of halogens is 1. The van der Waals surface area contributed by atoms with Gasteiger partial charge < -0.3 is 20.7 Å². The van der Waals surface area contributed by atoms with Gasteiger partial charge in [0.25, 0.3) is 0 Å². The van der Waals surface area contributed by atoms with E-state index in [2.05, 4.69) is 10.9 Å². The van der Waals surface area contributed by atoms with Crippen LogP contribution in [0.5, 0.6) is 0 Å². The standard InChI is InChI=1S/C12H14ClN3O4/c1-3-12(13)9(18)8(6(2)17)20-10(12)16-5-4-7(14)15-11(16)19/h1,4-6,8-10,17-18H,2H3,(H2,14,15,19)/t6-,8-,9+,10-,12?/m1/s1. The molecule has 2 heterocycles. The van der Waals surface area contributed by atoms with Gasteiger partial charge in [-0.1, -0.05) is 17.5 Å². The van der Waals surface area contributed by atoms with Gasteiger partial charge in [-0.15, -0.1) is 6.42 Å². The zero-order chi connectivity index (χ0) is 15.1. The summed E-state index contributed by atoms with van der Waals surface area (Å²) in [5.74, 6) is 2.27. The molecule has 1 saturated heterocycles. The Kier molecular flexibility index (Phi) is 3.75. The normalized spacial score (nSPS) is 34.6. The predicted octanol–water partition coefficient (Wildman–Crippen LogP) is -0.925. The van der Waals surface area contributed by atoms with Gasteiger partial charge in [-0.3, -0.25) is 4.57 Å². The number of alkyl halides is 1. The summed E-state index contributed by atoms with van der Waals surface area (Å²) >= 11 is 6.22. The van der Waals surface area contributed by atoms with Crippen LogP contribution in [0.3, 0.4) is 0 Å². The van der Waals surface area contributed by atoms with Crippen molar-refractivity contribution in [1.82, 2.24) is 9.55 Å². The van der Waals surface area contributed by atoms with E-state index in [4.69, 9.17) is 28.5 Å². The molecule has 0 saturated carbocycles. The Bertz CT molecular complexity index is 611. The highest BCUT2D eigenvalue weighted by Crippen LogP contribution is 2.43. The van der Waals surface area contributed by atoms with Crippen molar-refractivity contribution in [2.24, 2.45) is 0 Å². The SMILES string of the molecule is C#CC1(Cl)[C@@H](O)[C@@H]([C@@H](C)O)O[C@H]1n1ccc(N)nc1=O. The molecule has 4 N–H and O–H groups in total. The maximum atomic E-state index is 11.8. The third-order valence-corrected chi connectivity index (χ3v) is 3.71. The highest BCUT2D eigenvalue weighted by molar-refractivity contribution is 6.27. The summed E-state index contributed by atoms with van der Waals surface area (Å²) in [6.45, 7) is 1.42. The molecule has 1 aromatic heterocycles. The molecular weight excluding hydrogens is 286 g/mol. The number of hydrogen-bond acceptors (Lipinski definition) is 6. The highest BCUT2D eigenvalue weighted by atomic mass is 35.5. The maximum Gasteiger partial charge on any atom is 0.351 e. The van der Waals surface area contributed by atoms with Crippen LogP contribution in [0.4, 0.5) is 5.82 Å². The first kappa shape index (κ1) is 14.8. The number of ether oxygens (including phenoxy) is 1. The van der Waals surface area contributed by atoms with Crippen LogP contribution in [0.25, 0.3) is 0 Å². The van der Waals surface area contributed by atoms with Crippen molar-refractivity contribution in [1.29, 1.82) is 0 Å². The third-order valence-electron chi connectivity index (χ3n) is 3.19. The molecule has 108 valence electrons. The molecule has 1 aliphatic rings. The lowest BCUT2D eigenvalue weighted by Crippen LogP contribution is -2.44. The van der Waals surface area contributed by atoms with E-state index in [-0.39, 0.29) is 5.82 Å². The van der Waals surface area contributed by atoms with E-state index >= 15 is 0 Å². The minimum Gasteiger partial charge on any atom is -0.391 e. The van der Waals surface area contributed by atoms with Gasteiger partial charge in [0.15, 0.2) is 11.1 Å². The van der Waals surface area contributed by atoms with Crippen LogP contribution in [-0.2, 0) is 4.74 Å². The number of nitrogen functional groups attached to an aromatic ring is 1. The van der Waals surface area contributed by atoms with Crippen LogP contribution in [0.15, 0.2) is 17.1 Å². The second kappa shape index (κ2) is 5.07. The van der Waals surface area contributed by atoms with Crippen LogP contribution >= 0.6 is 11.6 Å².